The molecule has 4 heterocycles. The number of aliphatic hydroxyl groups is 14. The van der Waals surface area contributed by atoms with Gasteiger partial charge in [0.2, 0.25) is 0 Å². The minimum absolute atomic E-state index is 0.703. The highest BCUT2D eigenvalue weighted by Crippen LogP contribution is 2.33. The van der Waals surface area contributed by atoms with E-state index in [0.29, 0.717) is 0 Å². The largest absolute Gasteiger partial charge is 0.394 e. The molecule has 0 unspecified atom stereocenters. The molecule has 21 heteroatoms. The van der Waals surface area contributed by atoms with E-state index in [-0.39, 0.29) is 0 Å². The van der Waals surface area contributed by atoms with Gasteiger partial charge in [-0.1, -0.05) is 0 Å². The Labute approximate surface area is 254 Å². The molecule has 0 aromatic rings. The number of hydrogen-bond acceptors (Lipinski definition) is 21. The minimum Gasteiger partial charge on any atom is -0.394 e. The number of ether oxygens (including phenoxy) is 7. The van der Waals surface area contributed by atoms with Crippen LogP contribution in [0.2, 0.25) is 0 Å². The summed E-state index contributed by atoms with van der Waals surface area (Å²) < 4.78 is 37.8. The molecule has 0 aliphatic carbocycles. The van der Waals surface area contributed by atoms with Gasteiger partial charge in [0.15, 0.2) is 25.2 Å². The number of hydrogen-bond donors (Lipinski definition) is 14. The maximum absolute atomic E-state index is 10.9. The molecule has 0 spiro atoms. The lowest BCUT2D eigenvalue weighted by atomic mass is 9.96. The first-order chi connectivity index (χ1) is 21.2. The van der Waals surface area contributed by atoms with Gasteiger partial charge in [-0.15, -0.1) is 0 Å². The van der Waals surface area contributed by atoms with Crippen molar-refractivity contribution in [2.45, 2.75) is 123 Å². The maximum atomic E-state index is 10.9. The van der Waals surface area contributed by atoms with Crippen LogP contribution in [0, 0.1) is 0 Å². The second-order valence-electron chi connectivity index (χ2n) is 11.2. The van der Waals surface area contributed by atoms with Crippen LogP contribution in [0.1, 0.15) is 0 Å². The Hall–Kier alpha value is -0.840. The first kappa shape index (κ1) is 37.0. The standard InChI is InChI=1S/C24H42O21/c25-1-5-9(28)11(30)16(35)22(41-5)39-4-8-20(13(32)15(34)21(38)40-8)45-24-18(37)14(33)19(7(3-27)43-24)44-23-17(36)12(31)10(29)6(2-26)42-23/h5-38H,1-4H2/t5-,6-,7-,8-,9+,10-,11+,12+,13-,14-,15+,16-,17+,18+,19-,20-,21+,22+,23+,24+/m1/s1. The topological polar surface area (TPSA) is 348 Å². The molecule has 0 aromatic carbocycles. The highest BCUT2D eigenvalue weighted by Gasteiger charge is 2.54. The van der Waals surface area contributed by atoms with E-state index in [1.165, 1.54) is 0 Å². The second kappa shape index (κ2) is 15.6. The first-order valence-electron chi connectivity index (χ1n) is 14.1. The van der Waals surface area contributed by atoms with Gasteiger partial charge in [0.1, 0.15) is 97.7 Å². The number of aliphatic hydroxyl groups excluding tert-OH is 14. The molecular weight excluding hydrogens is 624 g/mol. The van der Waals surface area contributed by atoms with Gasteiger partial charge < -0.3 is 105 Å². The fraction of sp³-hybridized carbons (Fsp3) is 1.00. The summed E-state index contributed by atoms with van der Waals surface area (Å²) in [5.74, 6) is 0. The van der Waals surface area contributed by atoms with Crippen molar-refractivity contribution in [2.75, 3.05) is 26.4 Å². The summed E-state index contributed by atoms with van der Waals surface area (Å²) >= 11 is 0. The Morgan fingerprint density at radius 2 is 0.778 bits per heavy atom. The molecule has 264 valence electrons. The van der Waals surface area contributed by atoms with Crippen molar-refractivity contribution in [1.82, 2.24) is 0 Å². The SMILES string of the molecule is OC[C@H]1O[C@H](OC[C@H]2O[C@H](O)[C@@H](O)[C@@H](O)[C@@H]2O[C@@H]2O[C@H](CO)[C@@H](O[C@@H]3O[C@H](CO)[C@@H](O)[C@H](O)[C@@H]3O)[C@H](O)[C@@H]2O)[C@H](O)[C@@H](O)[C@H]1O. The summed E-state index contributed by atoms with van der Waals surface area (Å²) in [4.78, 5) is 0. The normalized spacial score (nSPS) is 52.9. The van der Waals surface area contributed by atoms with E-state index in [4.69, 9.17) is 33.2 Å². The predicted molar refractivity (Wildman–Crippen MR) is 134 cm³/mol. The molecule has 4 fully saturated rings. The molecule has 45 heavy (non-hydrogen) atoms. The Morgan fingerprint density at radius 1 is 0.378 bits per heavy atom. The summed E-state index contributed by atoms with van der Waals surface area (Å²) in [7, 11) is 0. The van der Waals surface area contributed by atoms with E-state index in [2.05, 4.69) is 0 Å². The zero-order valence-corrected chi connectivity index (χ0v) is 23.5. The third kappa shape index (κ3) is 7.59. The summed E-state index contributed by atoms with van der Waals surface area (Å²) in [6, 6.07) is 0. The average molecular weight is 667 g/mol. The van der Waals surface area contributed by atoms with Crippen molar-refractivity contribution < 1.29 is 105 Å². The molecule has 0 amide bonds. The van der Waals surface area contributed by atoms with Crippen LogP contribution in [-0.2, 0) is 33.2 Å². The molecule has 0 saturated carbocycles. The van der Waals surface area contributed by atoms with Gasteiger partial charge in [-0.2, -0.15) is 0 Å². The van der Waals surface area contributed by atoms with Gasteiger partial charge in [-0.25, -0.2) is 0 Å². The lowest BCUT2D eigenvalue weighted by Gasteiger charge is -2.48. The first-order valence-corrected chi connectivity index (χ1v) is 14.1. The van der Waals surface area contributed by atoms with Gasteiger partial charge in [0.25, 0.3) is 0 Å². The van der Waals surface area contributed by atoms with Crippen molar-refractivity contribution in [3.8, 4) is 0 Å². The zero-order chi connectivity index (χ0) is 33.3. The van der Waals surface area contributed by atoms with E-state index >= 15 is 0 Å². The fourth-order valence-electron chi connectivity index (χ4n) is 5.44. The van der Waals surface area contributed by atoms with Crippen LogP contribution in [0.4, 0.5) is 0 Å². The predicted octanol–water partition coefficient (Wildman–Crippen LogP) is -9.75. The van der Waals surface area contributed by atoms with Crippen molar-refractivity contribution in [2.24, 2.45) is 0 Å². The van der Waals surface area contributed by atoms with Crippen molar-refractivity contribution in [3.05, 3.63) is 0 Å². The Morgan fingerprint density at radius 3 is 1.29 bits per heavy atom. The van der Waals surface area contributed by atoms with Crippen molar-refractivity contribution in [3.63, 3.8) is 0 Å². The molecule has 21 nitrogen and oxygen atoms in total. The molecule has 4 aliphatic rings. The van der Waals surface area contributed by atoms with Crippen LogP contribution in [-0.4, -0.2) is 221 Å². The van der Waals surface area contributed by atoms with Crippen LogP contribution in [0.25, 0.3) is 0 Å². The van der Waals surface area contributed by atoms with Crippen molar-refractivity contribution >= 4 is 0 Å². The van der Waals surface area contributed by atoms with Crippen molar-refractivity contribution in [1.29, 1.82) is 0 Å². The molecule has 14 N–H and O–H groups in total. The summed E-state index contributed by atoms with van der Waals surface area (Å²) in [6.07, 6.45) is -35.2. The van der Waals surface area contributed by atoms with Gasteiger partial charge in [0.05, 0.1) is 26.4 Å². The Balaban J connectivity index is 1.45. The lowest BCUT2D eigenvalue weighted by molar-refractivity contribution is -0.380. The quantitative estimate of drug-likeness (QED) is 0.103. The van der Waals surface area contributed by atoms with Gasteiger partial charge in [-0.05, 0) is 0 Å². The van der Waals surface area contributed by atoms with Gasteiger partial charge >= 0.3 is 0 Å². The summed E-state index contributed by atoms with van der Waals surface area (Å²) in [5, 5.41) is 142. The maximum Gasteiger partial charge on any atom is 0.187 e. The second-order valence-corrected chi connectivity index (χ2v) is 11.2. The Bertz CT molecular complexity index is 912. The molecule has 0 aromatic heterocycles. The third-order valence-electron chi connectivity index (χ3n) is 8.18. The molecular formula is C24H42O21. The average Bonchev–Trinajstić information content (AvgIpc) is 3.03. The Kier molecular flexibility index (Phi) is 12.8. The van der Waals surface area contributed by atoms with E-state index in [1.54, 1.807) is 0 Å². The smallest absolute Gasteiger partial charge is 0.187 e. The molecule has 4 saturated heterocycles. The van der Waals surface area contributed by atoms with Crippen LogP contribution >= 0.6 is 0 Å². The summed E-state index contributed by atoms with van der Waals surface area (Å²) in [6.45, 7) is -3.15. The van der Waals surface area contributed by atoms with Crippen LogP contribution in [0.3, 0.4) is 0 Å². The molecule has 0 radical (unpaired) electrons. The third-order valence-corrected chi connectivity index (χ3v) is 8.18. The molecule has 0 bridgehead atoms. The number of rotatable bonds is 10. The van der Waals surface area contributed by atoms with E-state index in [0.717, 1.165) is 0 Å². The highest BCUT2D eigenvalue weighted by molar-refractivity contribution is 4.97. The van der Waals surface area contributed by atoms with Gasteiger partial charge in [0, 0.05) is 0 Å². The van der Waals surface area contributed by atoms with E-state index < -0.39 is 149 Å². The lowest BCUT2D eigenvalue weighted by Crippen LogP contribution is -2.66. The van der Waals surface area contributed by atoms with E-state index in [1.807, 2.05) is 0 Å². The molecule has 4 aliphatic heterocycles. The van der Waals surface area contributed by atoms with E-state index in [9.17, 15) is 71.5 Å². The van der Waals surface area contributed by atoms with Crippen LogP contribution in [0.5, 0.6) is 0 Å². The fourth-order valence-corrected chi connectivity index (χ4v) is 5.44. The highest BCUT2D eigenvalue weighted by atomic mass is 16.8. The zero-order valence-electron chi connectivity index (χ0n) is 23.5. The van der Waals surface area contributed by atoms with Crippen LogP contribution < -0.4 is 0 Å². The van der Waals surface area contributed by atoms with Crippen LogP contribution in [0.15, 0.2) is 0 Å². The minimum atomic E-state index is -2.04. The van der Waals surface area contributed by atoms with Gasteiger partial charge in [-0.3, -0.25) is 0 Å². The molecule has 4 rings (SSSR count). The monoisotopic (exact) mass is 666 g/mol. The molecule has 20 atom stereocenters. The summed E-state index contributed by atoms with van der Waals surface area (Å²) in [5.41, 5.74) is 0.